The maximum atomic E-state index is 10.0. The van der Waals surface area contributed by atoms with Gasteiger partial charge in [-0.25, -0.2) is 0 Å². The maximum absolute atomic E-state index is 10.0. The highest BCUT2D eigenvalue weighted by molar-refractivity contribution is 6.43. The molecule has 130 valence electrons. The van der Waals surface area contributed by atoms with Crippen molar-refractivity contribution >= 4 is 58.1 Å². The van der Waals surface area contributed by atoms with Crippen LogP contribution in [0.15, 0.2) is 75.9 Å². The van der Waals surface area contributed by atoms with E-state index >= 15 is 0 Å². The second-order valence-electron chi connectivity index (χ2n) is 5.25. The Hall–Kier alpha value is -2.40. The van der Waals surface area contributed by atoms with Crippen LogP contribution >= 0.6 is 34.8 Å². The lowest BCUT2D eigenvalue weighted by Crippen LogP contribution is -1.82. The molecule has 0 spiro atoms. The van der Waals surface area contributed by atoms with Gasteiger partial charge in [-0.1, -0.05) is 40.9 Å². The van der Waals surface area contributed by atoms with Crippen molar-refractivity contribution in [1.82, 2.24) is 0 Å². The topological polar surface area (TPSA) is 57.3 Å². The van der Waals surface area contributed by atoms with Crippen LogP contribution in [0, 0.1) is 0 Å². The maximum Gasteiger partial charge on any atom is 0.124 e. The number of phenolic OH excluding ortho intramolecular Hbond substituents is 1. The number of benzene rings is 3. The first kappa shape index (κ1) is 18.4. The Balaban J connectivity index is 1.84. The fourth-order valence-electron chi connectivity index (χ4n) is 2.06. The van der Waals surface area contributed by atoms with Gasteiger partial charge in [-0.15, -0.1) is 0 Å². The average Bonchev–Trinajstić information content (AvgIpc) is 2.64. The van der Waals surface area contributed by atoms with Gasteiger partial charge in [-0.3, -0.25) is 4.99 Å². The van der Waals surface area contributed by atoms with Crippen molar-refractivity contribution in [3.63, 3.8) is 0 Å². The van der Waals surface area contributed by atoms with Gasteiger partial charge in [0.15, 0.2) is 0 Å². The number of halogens is 3. The van der Waals surface area contributed by atoms with Crippen molar-refractivity contribution in [1.29, 1.82) is 0 Å². The highest BCUT2D eigenvalue weighted by Gasteiger charge is 2.04. The predicted octanol–water partition coefficient (Wildman–Crippen LogP) is 7.52. The number of rotatable bonds is 4. The number of hydrogen-bond acceptors (Lipinski definition) is 4. The standard InChI is InChI=1S/C19H12Cl3N3O/c20-13-4-6-14(7-5-13)24-25-15-8-9-18(26)12(10-15)11-23-17-3-1-2-16(21)19(17)22/h1-11,26H. The molecule has 0 saturated carbocycles. The fourth-order valence-corrected chi connectivity index (χ4v) is 2.53. The van der Waals surface area contributed by atoms with Crippen molar-refractivity contribution < 1.29 is 5.11 Å². The number of aromatic hydroxyl groups is 1. The fraction of sp³-hybridized carbons (Fsp3) is 0. The first-order valence-electron chi connectivity index (χ1n) is 7.51. The minimum absolute atomic E-state index is 0.0670. The molecule has 3 aromatic carbocycles. The van der Waals surface area contributed by atoms with Crippen molar-refractivity contribution in [2.45, 2.75) is 0 Å². The van der Waals surface area contributed by atoms with E-state index in [9.17, 15) is 5.11 Å². The zero-order chi connectivity index (χ0) is 18.5. The minimum Gasteiger partial charge on any atom is -0.507 e. The molecule has 0 aliphatic carbocycles. The Kier molecular flexibility index (Phi) is 5.89. The largest absolute Gasteiger partial charge is 0.507 e. The molecule has 4 nitrogen and oxygen atoms in total. The summed E-state index contributed by atoms with van der Waals surface area (Å²) in [6, 6.07) is 17.0. The van der Waals surface area contributed by atoms with Gasteiger partial charge in [-0.05, 0) is 54.6 Å². The lowest BCUT2D eigenvalue weighted by molar-refractivity contribution is 0.474. The Morgan fingerprint density at radius 2 is 1.50 bits per heavy atom. The van der Waals surface area contributed by atoms with Crippen LogP contribution in [0.1, 0.15) is 5.56 Å². The summed E-state index contributed by atoms with van der Waals surface area (Å²) in [7, 11) is 0. The van der Waals surface area contributed by atoms with E-state index in [0.717, 1.165) is 0 Å². The zero-order valence-electron chi connectivity index (χ0n) is 13.3. The quantitative estimate of drug-likeness (QED) is 0.355. The van der Waals surface area contributed by atoms with Crippen molar-refractivity contribution in [2.24, 2.45) is 15.2 Å². The smallest absolute Gasteiger partial charge is 0.124 e. The number of aliphatic imine (C=N–C) groups is 1. The molecule has 0 atom stereocenters. The lowest BCUT2D eigenvalue weighted by Gasteiger charge is -2.02. The van der Waals surface area contributed by atoms with Gasteiger partial charge in [0.25, 0.3) is 0 Å². The lowest BCUT2D eigenvalue weighted by atomic mass is 10.2. The van der Waals surface area contributed by atoms with E-state index in [0.29, 0.717) is 37.7 Å². The summed E-state index contributed by atoms with van der Waals surface area (Å²) in [5.74, 6) is 0.0670. The van der Waals surface area contributed by atoms with E-state index in [1.807, 2.05) is 0 Å². The molecule has 0 aliphatic heterocycles. The number of nitrogens with zero attached hydrogens (tertiary/aromatic N) is 3. The molecule has 0 bridgehead atoms. The molecular weight excluding hydrogens is 393 g/mol. The van der Waals surface area contributed by atoms with E-state index in [1.54, 1.807) is 54.6 Å². The molecule has 0 amide bonds. The summed E-state index contributed by atoms with van der Waals surface area (Å²) in [5.41, 5.74) is 2.22. The van der Waals surface area contributed by atoms with Gasteiger partial charge in [0.1, 0.15) is 5.75 Å². The monoisotopic (exact) mass is 403 g/mol. The summed E-state index contributed by atoms with van der Waals surface area (Å²) >= 11 is 17.9. The van der Waals surface area contributed by atoms with E-state index in [-0.39, 0.29) is 5.75 Å². The summed E-state index contributed by atoms with van der Waals surface area (Å²) in [6.45, 7) is 0. The van der Waals surface area contributed by atoms with Crippen LogP contribution in [0.2, 0.25) is 15.1 Å². The van der Waals surface area contributed by atoms with E-state index in [2.05, 4.69) is 15.2 Å². The SMILES string of the molecule is Oc1ccc(N=Nc2ccc(Cl)cc2)cc1C=Nc1cccc(Cl)c1Cl. The van der Waals surface area contributed by atoms with Gasteiger partial charge in [0.05, 0.1) is 27.1 Å². The molecular formula is C19H12Cl3N3O. The molecule has 0 aliphatic rings. The third kappa shape index (κ3) is 4.61. The number of phenols is 1. The number of hydrogen-bond donors (Lipinski definition) is 1. The predicted molar refractivity (Wildman–Crippen MR) is 107 cm³/mol. The molecule has 26 heavy (non-hydrogen) atoms. The molecule has 0 saturated heterocycles. The third-order valence-corrected chi connectivity index (χ3v) is 4.45. The molecule has 1 N–H and O–H groups in total. The van der Waals surface area contributed by atoms with Crippen LogP contribution in [0.5, 0.6) is 5.75 Å². The van der Waals surface area contributed by atoms with Crippen LogP contribution in [-0.2, 0) is 0 Å². The van der Waals surface area contributed by atoms with Gasteiger partial charge >= 0.3 is 0 Å². The molecule has 0 radical (unpaired) electrons. The zero-order valence-corrected chi connectivity index (χ0v) is 15.5. The minimum atomic E-state index is 0.0670. The van der Waals surface area contributed by atoms with E-state index in [1.165, 1.54) is 12.3 Å². The Labute approximate surface area is 165 Å². The summed E-state index contributed by atoms with van der Waals surface area (Å²) in [6.07, 6.45) is 1.49. The van der Waals surface area contributed by atoms with Crippen LogP contribution in [-0.4, -0.2) is 11.3 Å². The molecule has 0 unspecified atom stereocenters. The number of azo groups is 1. The van der Waals surface area contributed by atoms with Crippen LogP contribution in [0.25, 0.3) is 0 Å². The molecule has 3 rings (SSSR count). The highest BCUT2D eigenvalue weighted by atomic mass is 35.5. The van der Waals surface area contributed by atoms with Crippen molar-refractivity contribution in [3.05, 3.63) is 81.3 Å². The van der Waals surface area contributed by atoms with Gasteiger partial charge in [0, 0.05) is 16.8 Å². The molecule has 7 heteroatoms. The highest BCUT2D eigenvalue weighted by Crippen LogP contribution is 2.32. The summed E-state index contributed by atoms with van der Waals surface area (Å²) in [4.78, 5) is 4.28. The first-order chi connectivity index (χ1) is 12.5. The van der Waals surface area contributed by atoms with Crippen LogP contribution in [0.3, 0.4) is 0 Å². The second kappa shape index (κ2) is 8.32. The Morgan fingerprint density at radius 3 is 2.27 bits per heavy atom. The third-order valence-electron chi connectivity index (χ3n) is 3.39. The van der Waals surface area contributed by atoms with Crippen LogP contribution in [0.4, 0.5) is 17.1 Å². The summed E-state index contributed by atoms with van der Waals surface area (Å²) < 4.78 is 0. The average molecular weight is 405 g/mol. The van der Waals surface area contributed by atoms with Crippen molar-refractivity contribution in [2.75, 3.05) is 0 Å². The second-order valence-corrected chi connectivity index (χ2v) is 6.47. The van der Waals surface area contributed by atoms with Gasteiger partial charge < -0.3 is 5.11 Å². The Morgan fingerprint density at radius 1 is 0.808 bits per heavy atom. The van der Waals surface area contributed by atoms with E-state index < -0.39 is 0 Å². The van der Waals surface area contributed by atoms with Gasteiger partial charge in [0.2, 0.25) is 0 Å². The molecule has 0 fully saturated rings. The molecule has 3 aromatic rings. The Bertz CT molecular complexity index is 986. The summed E-state index contributed by atoms with van der Waals surface area (Å²) in [5, 5.41) is 19.7. The van der Waals surface area contributed by atoms with Crippen molar-refractivity contribution in [3.8, 4) is 5.75 Å². The first-order valence-corrected chi connectivity index (χ1v) is 8.65. The van der Waals surface area contributed by atoms with E-state index in [4.69, 9.17) is 34.8 Å². The molecule has 0 aromatic heterocycles. The normalized spacial score (nSPS) is 11.5. The van der Waals surface area contributed by atoms with Crippen LogP contribution < -0.4 is 0 Å². The molecule has 0 heterocycles. The van der Waals surface area contributed by atoms with Gasteiger partial charge in [-0.2, -0.15) is 10.2 Å².